The van der Waals surface area contributed by atoms with E-state index in [0.717, 1.165) is 0 Å². The molecule has 11 heteroatoms. The molecule has 118 valence electrons. The minimum atomic E-state index is -7.02. The van der Waals surface area contributed by atoms with E-state index in [1.54, 1.807) is 0 Å². The highest BCUT2D eigenvalue weighted by molar-refractivity contribution is 5.81. The zero-order valence-electron chi connectivity index (χ0n) is 9.58. The molecule has 0 aliphatic carbocycles. The van der Waals surface area contributed by atoms with E-state index < -0.39 is 36.0 Å². The van der Waals surface area contributed by atoms with Crippen LogP contribution in [0.1, 0.15) is 6.92 Å². The van der Waals surface area contributed by atoms with E-state index in [1.165, 1.54) is 0 Å². The number of carbonyl (C=O) groups is 1. The summed E-state index contributed by atoms with van der Waals surface area (Å²) in [5.41, 5.74) is 0. The van der Waals surface area contributed by atoms with Crippen LogP contribution in [0.25, 0.3) is 0 Å². The number of hydrogen-bond acceptors (Lipinski definition) is 2. The summed E-state index contributed by atoms with van der Waals surface area (Å²) >= 11 is 0. The lowest BCUT2D eigenvalue weighted by molar-refractivity contribution is -0.404. The quantitative estimate of drug-likeness (QED) is 0.440. The molecule has 20 heavy (non-hydrogen) atoms. The molecule has 0 amide bonds. The maximum absolute atomic E-state index is 13.1. The number of alkyl halides is 9. The van der Waals surface area contributed by atoms with Gasteiger partial charge in [-0.05, 0) is 6.92 Å². The third-order valence-corrected chi connectivity index (χ3v) is 2.14. The van der Waals surface area contributed by atoms with Crippen LogP contribution in [0, 0.1) is 0 Å². The highest BCUT2D eigenvalue weighted by Gasteiger charge is 2.83. The SMILES string of the molecule is C=CC(=O)OC(C)C(F)(F)C(F)(F)C(F)(F)C(F)(F)F. The molecule has 0 bridgehead atoms. The van der Waals surface area contributed by atoms with E-state index in [1.807, 2.05) is 0 Å². The van der Waals surface area contributed by atoms with E-state index in [2.05, 4.69) is 11.3 Å². The monoisotopic (exact) mass is 318 g/mol. The molecule has 0 aromatic heterocycles. The molecule has 0 aliphatic heterocycles. The van der Waals surface area contributed by atoms with E-state index in [9.17, 15) is 44.3 Å². The van der Waals surface area contributed by atoms with Crippen LogP contribution in [0.5, 0.6) is 0 Å². The zero-order valence-corrected chi connectivity index (χ0v) is 9.58. The first-order valence-corrected chi connectivity index (χ1v) is 4.66. The van der Waals surface area contributed by atoms with Gasteiger partial charge in [-0.2, -0.15) is 39.5 Å². The lowest BCUT2D eigenvalue weighted by Gasteiger charge is -2.35. The van der Waals surface area contributed by atoms with Crippen molar-refractivity contribution in [1.82, 2.24) is 0 Å². The predicted octanol–water partition coefficient (Wildman–Crippen LogP) is 3.57. The van der Waals surface area contributed by atoms with Crippen molar-refractivity contribution < 1.29 is 49.0 Å². The summed E-state index contributed by atoms with van der Waals surface area (Å²) in [6, 6.07) is 0. The van der Waals surface area contributed by atoms with Crippen molar-refractivity contribution in [2.75, 3.05) is 0 Å². The van der Waals surface area contributed by atoms with Gasteiger partial charge in [0.1, 0.15) is 0 Å². The molecule has 0 aromatic carbocycles. The Hall–Kier alpha value is -1.42. The Morgan fingerprint density at radius 3 is 1.70 bits per heavy atom. The summed E-state index contributed by atoms with van der Waals surface area (Å²) in [6.07, 6.45) is -9.91. The zero-order chi connectivity index (χ0) is 16.6. The molecule has 0 saturated carbocycles. The van der Waals surface area contributed by atoms with Crippen LogP contribution in [0.15, 0.2) is 12.7 Å². The molecule has 2 nitrogen and oxygen atoms in total. The van der Waals surface area contributed by atoms with Gasteiger partial charge in [-0.1, -0.05) is 6.58 Å². The van der Waals surface area contributed by atoms with E-state index in [0.29, 0.717) is 0 Å². The van der Waals surface area contributed by atoms with Gasteiger partial charge >= 0.3 is 29.9 Å². The van der Waals surface area contributed by atoms with Crippen LogP contribution in [-0.2, 0) is 9.53 Å². The Labute approximate surface area is 106 Å². The standard InChI is InChI=1S/C9H7F9O2/c1-3-5(19)20-4(2)6(10,11)7(12,13)8(14,15)9(16,17)18/h3-4H,1H2,2H3. The van der Waals surface area contributed by atoms with Crippen LogP contribution in [0.2, 0.25) is 0 Å². The van der Waals surface area contributed by atoms with Crippen LogP contribution in [-0.4, -0.2) is 36.0 Å². The van der Waals surface area contributed by atoms with Gasteiger partial charge in [0.05, 0.1) is 0 Å². The molecule has 0 radical (unpaired) electrons. The van der Waals surface area contributed by atoms with Crippen LogP contribution < -0.4 is 0 Å². The summed E-state index contributed by atoms with van der Waals surface area (Å²) in [7, 11) is 0. The second-order valence-electron chi connectivity index (χ2n) is 3.55. The molecule has 0 saturated heterocycles. The largest absolute Gasteiger partial charge is 0.460 e. The van der Waals surface area contributed by atoms with Gasteiger partial charge in [0.15, 0.2) is 6.10 Å². The van der Waals surface area contributed by atoms with Crippen molar-refractivity contribution in [3.8, 4) is 0 Å². The third-order valence-electron chi connectivity index (χ3n) is 2.14. The number of hydrogen-bond donors (Lipinski definition) is 0. The first kappa shape index (κ1) is 18.6. The molecule has 0 rings (SSSR count). The number of halogens is 9. The van der Waals surface area contributed by atoms with Crippen molar-refractivity contribution in [3.05, 3.63) is 12.7 Å². The minimum Gasteiger partial charge on any atom is -0.453 e. The lowest BCUT2D eigenvalue weighted by atomic mass is 10.00. The van der Waals surface area contributed by atoms with Crippen molar-refractivity contribution in [3.63, 3.8) is 0 Å². The van der Waals surface area contributed by atoms with Crippen LogP contribution in [0.4, 0.5) is 39.5 Å². The molecule has 1 unspecified atom stereocenters. The molecule has 0 fully saturated rings. The average Bonchev–Trinajstić information content (AvgIpc) is 2.26. The third kappa shape index (κ3) is 2.85. The Balaban J connectivity index is 5.56. The number of esters is 1. The Bertz CT molecular complexity index is 385. The van der Waals surface area contributed by atoms with Crippen molar-refractivity contribution in [2.45, 2.75) is 37.0 Å². The number of ether oxygens (including phenoxy) is 1. The van der Waals surface area contributed by atoms with Gasteiger partial charge in [0.25, 0.3) is 0 Å². The molecule has 0 aliphatic rings. The van der Waals surface area contributed by atoms with E-state index >= 15 is 0 Å². The highest BCUT2D eigenvalue weighted by Crippen LogP contribution is 2.54. The topological polar surface area (TPSA) is 26.3 Å². The van der Waals surface area contributed by atoms with Crippen molar-refractivity contribution in [1.29, 1.82) is 0 Å². The molecule has 0 N–H and O–H groups in total. The Morgan fingerprint density at radius 1 is 1.00 bits per heavy atom. The maximum atomic E-state index is 13.1. The van der Waals surface area contributed by atoms with E-state index in [4.69, 9.17) is 0 Å². The van der Waals surface area contributed by atoms with Gasteiger partial charge in [-0.15, -0.1) is 0 Å². The van der Waals surface area contributed by atoms with Gasteiger partial charge in [-0.3, -0.25) is 0 Å². The highest BCUT2D eigenvalue weighted by atomic mass is 19.4. The molecular formula is C9H7F9O2. The predicted molar refractivity (Wildman–Crippen MR) is 46.6 cm³/mol. The molecule has 1 atom stereocenters. The summed E-state index contributed by atoms with van der Waals surface area (Å²) in [4.78, 5) is 10.5. The second kappa shape index (κ2) is 5.17. The summed E-state index contributed by atoms with van der Waals surface area (Å²) in [6.45, 7) is 2.75. The fourth-order valence-electron chi connectivity index (χ4n) is 0.939. The van der Waals surface area contributed by atoms with Gasteiger partial charge < -0.3 is 4.74 Å². The normalized spacial score (nSPS) is 15.7. The van der Waals surface area contributed by atoms with Crippen molar-refractivity contribution in [2.24, 2.45) is 0 Å². The van der Waals surface area contributed by atoms with Gasteiger partial charge in [-0.25, -0.2) is 4.79 Å². The van der Waals surface area contributed by atoms with Gasteiger partial charge in [0, 0.05) is 6.08 Å². The van der Waals surface area contributed by atoms with Crippen molar-refractivity contribution >= 4 is 5.97 Å². The summed E-state index contributed by atoms with van der Waals surface area (Å²) in [5.74, 6) is -21.5. The smallest absolute Gasteiger partial charge is 0.453 e. The minimum absolute atomic E-state index is 0.0434. The molecule has 0 spiro atoms. The number of rotatable bonds is 5. The molecule has 0 heterocycles. The molecule has 0 aromatic rings. The van der Waals surface area contributed by atoms with Gasteiger partial charge in [0.2, 0.25) is 0 Å². The van der Waals surface area contributed by atoms with Crippen LogP contribution in [0.3, 0.4) is 0 Å². The second-order valence-corrected chi connectivity index (χ2v) is 3.55. The fourth-order valence-corrected chi connectivity index (χ4v) is 0.939. The number of carbonyl (C=O) groups excluding carboxylic acids is 1. The summed E-state index contributed by atoms with van der Waals surface area (Å²) < 4.78 is 116. The Kier molecular flexibility index (Phi) is 4.80. The van der Waals surface area contributed by atoms with E-state index in [-0.39, 0.29) is 13.0 Å². The first-order chi connectivity index (χ1) is 8.63. The fraction of sp³-hybridized carbons (Fsp3) is 0.667. The summed E-state index contributed by atoms with van der Waals surface area (Å²) in [5, 5.41) is 0. The molecular weight excluding hydrogens is 311 g/mol. The first-order valence-electron chi connectivity index (χ1n) is 4.66. The average molecular weight is 318 g/mol. The van der Waals surface area contributed by atoms with Crippen LogP contribution >= 0.6 is 0 Å². The maximum Gasteiger partial charge on any atom is 0.460 e. The Morgan fingerprint density at radius 2 is 1.40 bits per heavy atom. The lowest BCUT2D eigenvalue weighted by Crippen LogP contribution is -2.64.